The van der Waals surface area contributed by atoms with Crippen molar-refractivity contribution in [3.8, 4) is 0 Å². The first-order valence-electron chi connectivity index (χ1n) is 7.54. The topological polar surface area (TPSA) is 61.6 Å². The van der Waals surface area contributed by atoms with Crippen LogP contribution in [0.5, 0.6) is 0 Å². The zero-order valence-corrected chi connectivity index (χ0v) is 13.0. The fraction of sp³-hybridized carbons (Fsp3) is 0.562. The molecule has 1 heterocycles. The van der Waals surface area contributed by atoms with E-state index in [-0.39, 0.29) is 5.91 Å². The number of primary amides is 1. The van der Waals surface area contributed by atoms with Crippen molar-refractivity contribution in [1.29, 1.82) is 0 Å². The predicted molar refractivity (Wildman–Crippen MR) is 84.9 cm³/mol. The molecule has 2 rings (SSSR count). The lowest BCUT2D eigenvalue weighted by atomic mass is 9.88. The van der Waals surface area contributed by atoms with Gasteiger partial charge in [0.25, 0.3) is 0 Å². The smallest absolute Gasteiger partial charge is 0.243 e. The van der Waals surface area contributed by atoms with Gasteiger partial charge >= 0.3 is 0 Å². The summed E-state index contributed by atoms with van der Waals surface area (Å²) in [7, 11) is 3.95. The van der Waals surface area contributed by atoms with E-state index in [9.17, 15) is 4.79 Å². The SMILES string of the molecule is CNC(CN1CCCN(C)CC1)(C(N)=O)c1ccccc1. The molecule has 0 radical (unpaired) electrons. The third-order valence-corrected chi connectivity index (χ3v) is 4.39. The molecule has 1 aromatic carbocycles. The summed E-state index contributed by atoms with van der Waals surface area (Å²) in [6.07, 6.45) is 1.11. The predicted octanol–water partition coefficient (Wildman–Crippen LogP) is 0.224. The Labute approximate surface area is 127 Å². The first-order chi connectivity index (χ1) is 10.1. The third kappa shape index (κ3) is 3.61. The van der Waals surface area contributed by atoms with E-state index in [2.05, 4.69) is 22.2 Å². The van der Waals surface area contributed by atoms with E-state index in [1.165, 1.54) is 0 Å². The molecule has 1 aliphatic rings. The normalized spacial score (nSPS) is 20.7. The van der Waals surface area contributed by atoms with Gasteiger partial charge in [0.15, 0.2) is 0 Å². The quantitative estimate of drug-likeness (QED) is 0.815. The number of rotatable bonds is 5. The monoisotopic (exact) mass is 290 g/mol. The fourth-order valence-corrected chi connectivity index (χ4v) is 2.97. The van der Waals surface area contributed by atoms with Gasteiger partial charge in [-0.25, -0.2) is 0 Å². The van der Waals surface area contributed by atoms with Crippen LogP contribution in [-0.4, -0.2) is 62.5 Å². The van der Waals surface area contributed by atoms with Crippen LogP contribution in [0, 0.1) is 0 Å². The standard InChI is InChI=1S/C16H26N4O/c1-18-16(15(17)21,14-7-4-3-5-8-14)13-20-10-6-9-19(2)11-12-20/h3-5,7-8,18H,6,9-13H2,1-2H3,(H2,17,21). The Bertz CT molecular complexity index is 465. The molecule has 21 heavy (non-hydrogen) atoms. The van der Waals surface area contributed by atoms with Crippen LogP contribution in [0.15, 0.2) is 30.3 Å². The van der Waals surface area contributed by atoms with Crippen LogP contribution < -0.4 is 11.1 Å². The first kappa shape index (κ1) is 15.9. The molecule has 1 amide bonds. The number of likely N-dealkylation sites (N-methyl/N-ethyl adjacent to an activating group) is 2. The average Bonchev–Trinajstić information content (AvgIpc) is 2.70. The molecule has 0 bridgehead atoms. The van der Waals surface area contributed by atoms with Crippen molar-refractivity contribution in [2.24, 2.45) is 5.73 Å². The first-order valence-corrected chi connectivity index (χ1v) is 7.54. The highest BCUT2D eigenvalue weighted by atomic mass is 16.1. The number of nitrogens with one attached hydrogen (secondary N) is 1. The molecule has 0 saturated carbocycles. The van der Waals surface area contributed by atoms with Gasteiger partial charge in [0.1, 0.15) is 5.54 Å². The Morgan fingerprint density at radius 1 is 1.24 bits per heavy atom. The van der Waals surface area contributed by atoms with Crippen molar-refractivity contribution in [3.63, 3.8) is 0 Å². The van der Waals surface area contributed by atoms with Gasteiger partial charge in [-0.3, -0.25) is 9.69 Å². The van der Waals surface area contributed by atoms with Crippen LogP contribution in [0.4, 0.5) is 0 Å². The highest BCUT2D eigenvalue weighted by molar-refractivity contribution is 5.86. The minimum absolute atomic E-state index is 0.325. The van der Waals surface area contributed by atoms with Gasteiger partial charge in [0.05, 0.1) is 0 Å². The molecule has 5 nitrogen and oxygen atoms in total. The minimum Gasteiger partial charge on any atom is -0.368 e. The molecule has 0 spiro atoms. The molecule has 1 aromatic rings. The van der Waals surface area contributed by atoms with Crippen LogP contribution in [0.2, 0.25) is 0 Å². The summed E-state index contributed by atoms with van der Waals surface area (Å²) >= 11 is 0. The van der Waals surface area contributed by atoms with Crippen molar-refractivity contribution in [2.75, 3.05) is 46.8 Å². The van der Waals surface area contributed by atoms with E-state index in [4.69, 9.17) is 5.73 Å². The van der Waals surface area contributed by atoms with E-state index in [1.807, 2.05) is 37.4 Å². The summed E-state index contributed by atoms with van der Waals surface area (Å²) in [6, 6.07) is 9.77. The lowest BCUT2D eigenvalue weighted by Crippen LogP contribution is -2.58. The van der Waals surface area contributed by atoms with E-state index in [1.54, 1.807) is 0 Å². The number of amides is 1. The molecule has 1 aliphatic heterocycles. The number of carbonyl (C=O) groups excluding carboxylic acids is 1. The number of nitrogens with zero attached hydrogens (tertiary/aromatic N) is 2. The summed E-state index contributed by atoms with van der Waals surface area (Å²) in [6.45, 7) is 4.68. The lowest BCUT2D eigenvalue weighted by Gasteiger charge is -2.36. The van der Waals surface area contributed by atoms with Gasteiger partial charge in [0.2, 0.25) is 5.91 Å². The lowest BCUT2D eigenvalue weighted by molar-refractivity contribution is -0.125. The molecule has 1 saturated heterocycles. The fourth-order valence-electron chi connectivity index (χ4n) is 2.97. The molecular formula is C16H26N4O. The number of carbonyl (C=O) groups is 1. The number of benzene rings is 1. The number of nitrogens with two attached hydrogens (primary N) is 1. The molecule has 1 unspecified atom stereocenters. The Morgan fingerprint density at radius 3 is 2.57 bits per heavy atom. The van der Waals surface area contributed by atoms with E-state index < -0.39 is 5.54 Å². The average molecular weight is 290 g/mol. The molecule has 1 fully saturated rings. The van der Waals surface area contributed by atoms with Gasteiger partial charge in [-0.15, -0.1) is 0 Å². The Hall–Kier alpha value is -1.43. The molecule has 0 aromatic heterocycles. The van der Waals surface area contributed by atoms with Gasteiger partial charge < -0.3 is 16.0 Å². The van der Waals surface area contributed by atoms with Crippen LogP contribution in [0.3, 0.4) is 0 Å². The van der Waals surface area contributed by atoms with Crippen LogP contribution in [-0.2, 0) is 10.3 Å². The second-order valence-electron chi connectivity index (χ2n) is 5.82. The summed E-state index contributed by atoms with van der Waals surface area (Å²) in [5.41, 5.74) is 5.86. The van der Waals surface area contributed by atoms with Gasteiger partial charge in [0, 0.05) is 19.6 Å². The minimum atomic E-state index is -0.829. The highest BCUT2D eigenvalue weighted by Crippen LogP contribution is 2.22. The second kappa shape index (κ2) is 7.02. The molecule has 1 atom stereocenters. The van der Waals surface area contributed by atoms with E-state index in [0.29, 0.717) is 6.54 Å². The largest absolute Gasteiger partial charge is 0.368 e. The third-order valence-electron chi connectivity index (χ3n) is 4.39. The van der Waals surface area contributed by atoms with E-state index >= 15 is 0 Å². The highest BCUT2D eigenvalue weighted by Gasteiger charge is 2.38. The van der Waals surface area contributed by atoms with Crippen molar-refractivity contribution < 1.29 is 4.79 Å². The van der Waals surface area contributed by atoms with Crippen molar-refractivity contribution in [2.45, 2.75) is 12.0 Å². The van der Waals surface area contributed by atoms with Crippen LogP contribution in [0.1, 0.15) is 12.0 Å². The maximum absolute atomic E-state index is 12.2. The van der Waals surface area contributed by atoms with Crippen molar-refractivity contribution in [3.05, 3.63) is 35.9 Å². The number of hydrogen-bond donors (Lipinski definition) is 2. The van der Waals surface area contributed by atoms with E-state index in [0.717, 1.165) is 38.2 Å². The summed E-state index contributed by atoms with van der Waals surface area (Å²) in [5.74, 6) is -0.325. The zero-order valence-electron chi connectivity index (χ0n) is 13.0. The van der Waals surface area contributed by atoms with Crippen LogP contribution in [0.25, 0.3) is 0 Å². The Morgan fingerprint density at radius 2 is 1.95 bits per heavy atom. The second-order valence-corrected chi connectivity index (χ2v) is 5.82. The summed E-state index contributed by atoms with van der Waals surface area (Å²) in [4.78, 5) is 16.9. The molecule has 0 aliphatic carbocycles. The Kier molecular flexibility index (Phi) is 5.33. The molecule has 116 valence electrons. The van der Waals surface area contributed by atoms with Crippen LogP contribution >= 0.6 is 0 Å². The molecule has 3 N–H and O–H groups in total. The van der Waals surface area contributed by atoms with Crippen molar-refractivity contribution in [1.82, 2.24) is 15.1 Å². The van der Waals surface area contributed by atoms with Gasteiger partial charge in [-0.05, 0) is 39.2 Å². The van der Waals surface area contributed by atoms with Gasteiger partial charge in [-0.2, -0.15) is 0 Å². The summed E-state index contributed by atoms with van der Waals surface area (Å²) in [5, 5.41) is 3.18. The molecule has 5 heteroatoms. The Balaban J connectivity index is 2.22. The zero-order chi connectivity index (χ0) is 15.3. The molecular weight excluding hydrogens is 264 g/mol. The summed E-state index contributed by atoms with van der Waals surface area (Å²) < 4.78 is 0. The number of hydrogen-bond acceptors (Lipinski definition) is 4. The maximum Gasteiger partial charge on any atom is 0.243 e. The maximum atomic E-state index is 12.2. The van der Waals surface area contributed by atoms with Crippen molar-refractivity contribution >= 4 is 5.91 Å². The van der Waals surface area contributed by atoms with Gasteiger partial charge in [-0.1, -0.05) is 30.3 Å².